The summed E-state index contributed by atoms with van der Waals surface area (Å²) < 4.78 is 10.6. The molecule has 1 heterocycles. The van der Waals surface area contributed by atoms with Crippen LogP contribution < -0.4 is 14.9 Å². The molecule has 1 amide bonds. The highest BCUT2D eigenvalue weighted by atomic mass is 16.7. The van der Waals surface area contributed by atoms with Crippen molar-refractivity contribution in [1.29, 1.82) is 0 Å². The van der Waals surface area contributed by atoms with Crippen LogP contribution in [0, 0.1) is 10.1 Å². The van der Waals surface area contributed by atoms with Crippen LogP contribution in [0.3, 0.4) is 0 Å². The van der Waals surface area contributed by atoms with Gasteiger partial charge >= 0.3 is 0 Å². The van der Waals surface area contributed by atoms with Crippen molar-refractivity contribution < 1.29 is 19.2 Å². The molecule has 26 heavy (non-hydrogen) atoms. The van der Waals surface area contributed by atoms with Gasteiger partial charge in [-0.25, -0.2) is 5.43 Å². The summed E-state index contributed by atoms with van der Waals surface area (Å²) in [6.07, 6.45) is 3.58. The Bertz CT molecular complexity index is 904. The van der Waals surface area contributed by atoms with Crippen LogP contribution in [0.1, 0.15) is 22.8 Å². The van der Waals surface area contributed by atoms with Crippen LogP contribution in [0.25, 0.3) is 6.08 Å². The lowest BCUT2D eigenvalue weighted by atomic mass is 10.2. The maximum Gasteiger partial charge on any atom is 0.271 e. The number of non-ortho nitro benzene ring substituents is 1. The van der Waals surface area contributed by atoms with E-state index in [0.29, 0.717) is 17.2 Å². The molecule has 132 valence electrons. The summed E-state index contributed by atoms with van der Waals surface area (Å²) in [6.45, 7) is 1.96. The number of fused-ring (bicyclic) bond motifs is 1. The van der Waals surface area contributed by atoms with Crippen molar-refractivity contribution in [3.05, 3.63) is 69.8 Å². The molecule has 0 fully saturated rings. The van der Waals surface area contributed by atoms with E-state index in [2.05, 4.69) is 10.5 Å². The molecule has 0 unspecified atom stereocenters. The molecule has 2 aromatic carbocycles. The first-order valence-corrected chi connectivity index (χ1v) is 7.70. The minimum atomic E-state index is -0.523. The zero-order valence-electron chi connectivity index (χ0n) is 13.8. The third-order valence-corrected chi connectivity index (χ3v) is 3.59. The van der Waals surface area contributed by atoms with Gasteiger partial charge in [-0.05, 0) is 42.8 Å². The molecule has 3 rings (SSSR count). The van der Waals surface area contributed by atoms with E-state index in [4.69, 9.17) is 9.47 Å². The van der Waals surface area contributed by atoms with Crippen molar-refractivity contribution in [1.82, 2.24) is 5.43 Å². The van der Waals surface area contributed by atoms with Gasteiger partial charge in [-0.15, -0.1) is 0 Å². The third-order valence-electron chi connectivity index (χ3n) is 3.59. The van der Waals surface area contributed by atoms with Gasteiger partial charge in [0.25, 0.3) is 11.6 Å². The molecule has 0 radical (unpaired) electrons. The number of nitrogens with zero attached hydrogens (tertiary/aromatic N) is 2. The van der Waals surface area contributed by atoms with Gasteiger partial charge in [-0.2, -0.15) is 5.10 Å². The lowest BCUT2D eigenvalue weighted by Gasteiger charge is -2.01. The molecule has 1 aliphatic heterocycles. The van der Waals surface area contributed by atoms with Crippen LogP contribution in [-0.2, 0) is 0 Å². The Hall–Kier alpha value is -3.68. The molecule has 0 aliphatic carbocycles. The van der Waals surface area contributed by atoms with Gasteiger partial charge in [-0.3, -0.25) is 14.9 Å². The molecule has 0 spiro atoms. The SMILES string of the molecule is CC(/C=C/c1ccc2c(c1)OCO2)=N\NC(=O)c1ccc([N+](=O)[O-])cc1. The van der Waals surface area contributed by atoms with Gasteiger partial charge in [0, 0.05) is 17.7 Å². The largest absolute Gasteiger partial charge is 0.454 e. The molecule has 0 saturated heterocycles. The fourth-order valence-corrected chi connectivity index (χ4v) is 2.21. The zero-order chi connectivity index (χ0) is 18.5. The minimum absolute atomic E-state index is 0.0760. The maximum atomic E-state index is 12.0. The molecule has 8 nitrogen and oxygen atoms in total. The Morgan fingerprint density at radius 1 is 1.19 bits per heavy atom. The first-order chi connectivity index (χ1) is 12.5. The summed E-state index contributed by atoms with van der Waals surface area (Å²) in [5.74, 6) is 0.951. The number of hydrazone groups is 1. The van der Waals surface area contributed by atoms with E-state index in [9.17, 15) is 14.9 Å². The standard InChI is InChI=1S/C18H15N3O5/c1-12(2-3-13-4-9-16-17(10-13)26-11-25-16)19-20-18(22)14-5-7-15(8-6-14)21(23)24/h2-10H,11H2,1H3,(H,20,22)/b3-2+,19-12+. The molecule has 0 saturated carbocycles. The average molecular weight is 353 g/mol. The number of benzene rings is 2. The van der Waals surface area contributed by atoms with Crippen molar-refractivity contribution in [3.8, 4) is 11.5 Å². The second kappa shape index (κ2) is 7.47. The number of nitro benzene ring substituents is 1. The number of nitro groups is 1. The number of rotatable bonds is 5. The summed E-state index contributed by atoms with van der Waals surface area (Å²) in [5.41, 5.74) is 4.11. The first-order valence-electron chi connectivity index (χ1n) is 7.70. The summed E-state index contributed by atoms with van der Waals surface area (Å²) in [5, 5.41) is 14.6. The normalized spacial score (nSPS) is 13.0. The van der Waals surface area contributed by atoms with Crippen molar-refractivity contribution >= 4 is 23.4 Å². The fourth-order valence-electron chi connectivity index (χ4n) is 2.21. The summed E-state index contributed by atoms with van der Waals surface area (Å²) in [6, 6.07) is 10.8. The van der Waals surface area contributed by atoms with E-state index in [1.54, 1.807) is 13.0 Å². The highest BCUT2D eigenvalue weighted by Crippen LogP contribution is 2.32. The Morgan fingerprint density at radius 2 is 1.92 bits per heavy atom. The van der Waals surface area contributed by atoms with E-state index in [-0.39, 0.29) is 18.0 Å². The Labute approximate surface area is 148 Å². The van der Waals surface area contributed by atoms with Gasteiger partial charge < -0.3 is 9.47 Å². The third kappa shape index (κ3) is 4.04. The predicted octanol–water partition coefficient (Wildman–Crippen LogP) is 3.14. The Morgan fingerprint density at radius 3 is 2.65 bits per heavy atom. The molecule has 0 bridgehead atoms. The maximum absolute atomic E-state index is 12.0. The smallest absolute Gasteiger partial charge is 0.271 e. The molecular weight excluding hydrogens is 338 g/mol. The van der Waals surface area contributed by atoms with Crippen LogP contribution in [-0.4, -0.2) is 23.3 Å². The van der Waals surface area contributed by atoms with Crippen LogP contribution in [0.15, 0.2) is 53.6 Å². The number of hydrogen-bond donors (Lipinski definition) is 1. The second-order valence-corrected chi connectivity index (χ2v) is 5.44. The van der Waals surface area contributed by atoms with Gasteiger partial charge in [0.1, 0.15) is 0 Å². The monoisotopic (exact) mass is 353 g/mol. The van der Waals surface area contributed by atoms with Gasteiger partial charge in [-0.1, -0.05) is 12.1 Å². The van der Waals surface area contributed by atoms with Crippen LogP contribution in [0.4, 0.5) is 5.69 Å². The number of allylic oxidation sites excluding steroid dienone is 1. The number of amides is 1. The quantitative estimate of drug-likeness (QED) is 0.505. The number of carbonyl (C=O) groups is 1. The number of carbonyl (C=O) groups excluding carboxylic acids is 1. The average Bonchev–Trinajstić information content (AvgIpc) is 3.12. The van der Waals surface area contributed by atoms with Gasteiger partial charge in [0.05, 0.1) is 10.6 Å². The van der Waals surface area contributed by atoms with Crippen molar-refractivity contribution in [2.45, 2.75) is 6.92 Å². The molecule has 1 aliphatic rings. The number of ether oxygens (including phenoxy) is 2. The second-order valence-electron chi connectivity index (χ2n) is 5.44. The minimum Gasteiger partial charge on any atom is -0.454 e. The Balaban J connectivity index is 1.60. The number of nitrogens with one attached hydrogen (secondary N) is 1. The van der Waals surface area contributed by atoms with Gasteiger partial charge in [0.2, 0.25) is 6.79 Å². The molecule has 8 heteroatoms. The first kappa shape index (κ1) is 17.2. The van der Waals surface area contributed by atoms with E-state index >= 15 is 0 Å². The van der Waals surface area contributed by atoms with E-state index in [0.717, 1.165) is 5.56 Å². The van der Waals surface area contributed by atoms with Crippen molar-refractivity contribution in [2.75, 3.05) is 6.79 Å². The van der Waals surface area contributed by atoms with Gasteiger partial charge in [0.15, 0.2) is 11.5 Å². The topological polar surface area (TPSA) is 103 Å². The predicted molar refractivity (Wildman–Crippen MR) is 95.3 cm³/mol. The lowest BCUT2D eigenvalue weighted by molar-refractivity contribution is -0.384. The molecular formula is C18H15N3O5. The number of hydrogen-bond acceptors (Lipinski definition) is 6. The van der Waals surface area contributed by atoms with Crippen molar-refractivity contribution in [2.24, 2.45) is 5.10 Å². The summed E-state index contributed by atoms with van der Waals surface area (Å²) in [7, 11) is 0. The van der Waals surface area contributed by atoms with Crippen LogP contribution in [0.5, 0.6) is 11.5 Å². The summed E-state index contributed by atoms with van der Waals surface area (Å²) in [4.78, 5) is 22.1. The highest BCUT2D eigenvalue weighted by molar-refractivity contribution is 5.99. The van der Waals surface area contributed by atoms with Crippen LogP contribution in [0.2, 0.25) is 0 Å². The zero-order valence-corrected chi connectivity index (χ0v) is 13.8. The lowest BCUT2D eigenvalue weighted by Crippen LogP contribution is -2.18. The van der Waals surface area contributed by atoms with E-state index in [1.165, 1.54) is 24.3 Å². The fraction of sp³-hybridized carbons (Fsp3) is 0.111. The molecule has 0 aromatic heterocycles. The molecule has 0 atom stereocenters. The Kier molecular flexibility index (Phi) is 4.93. The van der Waals surface area contributed by atoms with E-state index in [1.807, 2.05) is 24.3 Å². The van der Waals surface area contributed by atoms with Crippen LogP contribution >= 0.6 is 0 Å². The molecule has 1 N–H and O–H groups in total. The molecule has 2 aromatic rings. The highest BCUT2D eigenvalue weighted by Gasteiger charge is 2.12. The summed E-state index contributed by atoms with van der Waals surface area (Å²) >= 11 is 0. The van der Waals surface area contributed by atoms with E-state index < -0.39 is 10.8 Å². The van der Waals surface area contributed by atoms with Crippen molar-refractivity contribution in [3.63, 3.8) is 0 Å².